The largest absolute Gasteiger partial charge is 0.394 e. The van der Waals surface area contributed by atoms with Gasteiger partial charge in [-0.3, -0.25) is 4.90 Å². The molecule has 0 aliphatic carbocycles. The van der Waals surface area contributed by atoms with Crippen LogP contribution in [0.25, 0.3) is 0 Å². The van der Waals surface area contributed by atoms with E-state index in [1.165, 1.54) is 0 Å². The fourth-order valence-corrected chi connectivity index (χ4v) is 1.96. The van der Waals surface area contributed by atoms with Crippen LogP contribution in [-0.4, -0.2) is 35.2 Å². The molecule has 2 heteroatoms. The van der Waals surface area contributed by atoms with E-state index in [4.69, 9.17) is 0 Å². The molecule has 1 atom stereocenters. The van der Waals surface area contributed by atoms with Gasteiger partial charge < -0.3 is 5.11 Å². The van der Waals surface area contributed by atoms with Crippen LogP contribution in [0.4, 0.5) is 0 Å². The zero-order valence-corrected chi connectivity index (χ0v) is 11.4. The molecule has 0 aromatic carbocycles. The Kier molecular flexibility index (Phi) is 5.82. The molecule has 0 fully saturated rings. The summed E-state index contributed by atoms with van der Waals surface area (Å²) in [6, 6.07) is 0. The Morgan fingerprint density at radius 3 is 1.53 bits per heavy atom. The molecule has 0 amide bonds. The van der Waals surface area contributed by atoms with Crippen LogP contribution in [0, 0.1) is 5.41 Å². The van der Waals surface area contributed by atoms with E-state index >= 15 is 0 Å². The highest BCUT2D eigenvalue weighted by molar-refractivity contribution is 4.95. The Hall–Kier alpha value is -0.0800. The van der Waals surface area contributed by atoms with Gasteiger partial charge in [-0.15, -0.1) is 0 Å². The minimum Gasteiger partial charge on any atom is -0.394 e. The Balaban J connectivity index is 4.85. The minimum atomic E-state index is -0.112. The maximum absolute atomic E-state index is 9.70. The summed E-state index contributed by atoms with van der Waals surface area (Å²) in [6.45, 7) is 15.6. The SMILES string of the molecule is CCCN(CCC)C(C)(CO)C(C)(C)C. The molecule has 0 saturated carbocycles. The minimum absolute atomic E-state index is 0.103. The van der Waals surface area contributed by atoms with Crippen molar-refractivity contribution in [2.45, 2.75) is 59.9 Å². The van der Waals surface area contributed by atoms with E-state index in [0.29, 0.717) is 0 Å². The van der Waals surface area contributed by atoms with E-state index in [2.05, 4.69) is 46.4 Å². The third-order valence-corrected chi connectivity index (χ3v) is 3.61. The van der Waals surface area contributed by atoms with Crippen LogP contribution in [0.5, 0.6) is 0 Å². The molecule has 1 unspecified atom stereocenters. The van der Waals surface area contributed by atoms with Crippen LogP contribution in [0.15, 0.2) is 0 Å². The fraction of sp³-hybridized carbons (Fsp3) is 1.00. The van der Waals surface area contributed by atoms with Crippen LogP contribution in [0.3, 0.4) is 0 Å². The van der Waals surface area contributed by atoms with E-state index < -0.39 is 0 Å². The van der Waals surface area contributed by atoms with Crippen LogP contribution < -0.4 is 0 Å². The fourth-order valence-electron chi connectivity index (χ4n) is 1.96. The summed E-state index contributed by atoms with van der Waals surface area (Å²) in [6.07, 6.45) is 2.29. The lowest BCUT2D eigenvalue weighted by molar-refractivity contribution is -0.0358. The lowest BCUT2D eigenvalue weighted by Gasteiger charge is -2.49. The van der Waals surface area contributed by atoms with Crippen molar-refractivity contribution in [3.8, 4) is 0 Å². The third-order valence-electron chi connectivity index (χ3n) is 3.61. The Morgan fingerprint density at radius 2 is 1.33 bits per heavy atom. The van der Waals surface area contributed by atoms with Crippen molar-refractivity contribution in [3.63, 3.8) is 0 Å². The number of hydrogen-bond donors (Lipinski definition) is 1. The molecule has 0 radical (unpaired) electrons. The number of aliphatic hydroxyl groups is 1. The van der Waals surface area contributed by atoms with Gasteiger partial charge in [0.15, 0.2) is 0 Å². The molecule has 2 nitrogen and oxygen atoms in total. The predicted molar refractivity (Wildman–Crippen MR) is 67.1 cm³/mol. The molecule has 0 saturated heterocycles. The zero-order chi connectivity index (χ0) is 12.1. The van der Waals surface area contributed by atoms with Gasteiger partial charge >= 0.3 is 0 Å². The monoisotopic (exact) mass is 215 g/mol. The van der Waals surface area contributed by atoms with E-state index in [-0.39, 0.29) is 17.6 Å². The summed E-state index contributed by atoms with van der Waals surface area (Å²) in [5, 5.41) is 9.70. The molecule has 15 heavy (non-hydrogen) atoms. The van der Waals surface area contributed by atoms with Crippen molar-refractivity contribution >= 4 is 0 Å². The van der Waals surface area contributed by atoms with Crippen LogP contribution in [0.2, 0.25) is 0 Å². The average molecular weight is 215 g/mol. The molecule has 0 aliphatic rings. The number of rotatable bonds is 6. The molecule has 0 heterocycles. The van der Waals surface area contributed by atoms with Crippen LogP contribution >= 0.6 is 0 Å². The highest BCUT2D eigenvalue weighted by Gasteiger charge is 2.41. The van der Waals surface area contributed by atoms with E-state index in [0.717, 1.165) is 25.9 Å². The molecular formula is C13H29NO. The molecule has 0 bridgehead atoms. The number of nitrogens with zero attached hydrogens (tertiary/aromatic N) is 1. The molecule has 0 aromatic rings. The van der Waals surface area contributed by atoms with Crippen LogP contribution in [0.1, 0.15) is 54.4 Å². The summed E-state index contributed by atoms with van der Waals surface area (Å²) in [5.41, 5.74) is -0.00882. The highest BCUT2D eigenvalue weighted by Crippen LogP contribution is 2.35. The first-order chi connectivity index (χ1) is 6.83. The van der Waals surface area contributed by atoms with Crippen LogP contribution in [-0.2, 0) is 0 Å². The number of aliphatic hydroxyl groups excluding tert-OH is 1. The zero-order valence-electron chi connectivity index (χ0n) is 11.4. The summed E-state index contributed by atoms with van der Waals surface area (Å²) < 4.78 is 0. The van der Waals surface area contributed by atoms with E-state index in [9.17, 15) is 5.11 Å². The molecule has 0 rings (SSSR count). The third kappa shape index (κ3) is 3.46. The van der Waals surface area contributed by atoms with Gasteiger partial charge in [-0.2, -0.15) is 0 Å². The van der Waals surface area contributed by atoms with E-state index in [1.807, 2.05) is 0 Å². The normalized spacial score (nSPS) is 16.8. The summed E-state index contributed by atoms with van der Waals surface area (Å²) in [5.74, 6) is 0. The smallest absolute Gasteiger partial charge is 0.0617 e. The summed E-state index contributed by atoms with van der Waals surface area (Å²) >= 11 is 0. The molecule has 0 spiro atoms. The molecular weight excluding hydrogens is 186 g/mol. The standard InChI is InChI=1S/C13H29NO/c1-7-9-14(10-8-2)13(6,11-15)12(3,4)5/h15H,7-11H2,1-6H3. The maximum Gasteiger partial charge on any atom is 0.0617 e. The second kappa shape index (κ2) is 5.86. The lowest BCUT2D eigenvalue weighted by Crippen LogP contribution is -2.58. The molecule has 0 aliphatic heterocycles. The highest BCUT2D eigenvalue weighted by atomic mass is 16.3. The van der Waals surface area contributed by atoms with Gasteiger partial charge in [0.2, 0.25) is 0 Å². The van der Waals surface area contributed by atoms with Crippen molar-refractivity contribution in [1.29, 1.82) is 0 Å². The average Bonchev–Trinajstić information content (AvgIpc) is 2.14. The first kappa shape index (κ1) is 14.9. The Labute approximate surface area is 95.7 Å². The number of hydrogen-bond acceptors (Lipinski definition) is 2. The first-order valence-corrected chi connectivity index (χ1v) is 6.19. The van der Waals surface area contributed by atoms with Crippen molar-refractivity contribution in [3.05, 3.63) is 0 Å². The molecule has 1 N–H and O–H groups in total. The second-order valence-electron chi connectivity index (χ2n) is 5.67. The second-order valence-corrected chi connectivity index (χ2v) is 5.67. The predicted octanol–water partition coefficient (Wildman–Crippen LogP) is 2.91. The Bertz CT molecular complexity index is 168. The van der Waals surface area contributed by atoms with Gasteiger partial charge in [0.1, 0.15) is 0 Å². The van der Waals surface area contributed by atoms with Gasteiger partial charge in [0, 0.05) is 5.54 Å². The van der Waals surface area contributed by atoms with E-state index in [1.54, 1.807) is 0 Å². The van der Waals surface area contributed by atoms with Gasteiger partial charge in [0.25, 0.3) is 0 Å². The van der Waals surface area contributed by atoms with Crippen molar-refractivity contribution in [2.24, 2.45) is 5.41 Å². The Morgan fingerprint density at radius 1 is 0.933 bits per heavy atom. The first-order valence-electron chi connectivity index (χ1n) is 6.19. The summed E-state index contributed by atoms with van der Waals surface area (Å²) in [7, 11) is 0. The quantitative estimate of drug-likeness (QED) is 0.736. The molecule has 92 valence electrons. The lowest BCUT2D eigenvalue weighted by atomic mass is 9.74. The van der Waals surface area contributed by atoms with Gasteiger partial charge in [0.05, 0.1) is 6.61 Å². The topological polar surface area (TPSA) is 23.5 Å². The van der Waals surface area contributed by atoms with Crippen molar-refractivity contribution in [2.75, 3.05) is 19.7 Å². The van der Waals surface area contributed by atoms with Crippen molar-refractivity contribution < 1.29 is 5.11 Å². The van der Waals surface area contributed by atoms with Gasteiger partial charge in [-0.1, -0.05) is 34.6 Å². The maximum atomic E-state index is 9.70. The van der Waals surface area contributed by atoms with Gasteiger partial charge in [-0.25, -0.2) is 0 Å². The molecule has 0 aromatic heterocycles. The summed E-state index contributed by atoms with van der Waals surface area (Å²) in [4.78, 5) is 2.44. The van der Waals surface area contributed by atoms with Gasteiger partial charge in [-0.05, 0) is 38.3 Å². The van der Waals surface area contributed by atoms with Crippen molar-refractivity contribution in [1.82, 2.24) is 4.90 Å².